The number of hydrogen-bond donors (Lipinski definition) is 0. The molecule has 0 saturated heterocycles. The van der Waals surface area contributed by atoms with Gasteiger partial charge in [-0.25, -0.2) is 0 Å². The van der Waals surface area contributed by atoms with Crippen molar-refractivity contribution in [3.63, 3.8) is 0 Å². The molecule has 20 heavy (non-hydrogen) atoms. The van der Waals surface area contributed by atoms with Gasteiger partial charge in [0.2, 0.25) is 0 Å². The maximum Gasteiger partial charge on any atom is 0.289 e. The molecule has 0 spiro atoms. The number of pyridine rings is 1. The van der Waals surface area contributed by atoms with E-state index < -0.39 is 4.92 Å². The number of nitro benzene ring substituents is 1. The molecule has 0 radical (unpaired) electrons. The molecule has 0 bridgehead atoms. The summed E-state index contributed by atoms with van der Waals surface area (Å²) in [5.41, 5.74) is 1.63. The first kappa shape index (κ1) is 13.5. The summed E-state index contributed by atoms with van der Waals surface area (Å²) < 4.78 is 0. The molecule has 100 valence electrons. The Labute approximate surface area is 116 Å². The Kier molecular flexibility index (Phi) is 3.91. The maximum absolute atomic E-state index is 10.9. The van der Waals surface area contributed by atoms with E-state index in [9.17, 15) is 10.1 Å². The summed E-state index contributed by atoms with van der Waals surface area (Å²) in [5.74, 6) is 0. The molecule has 2 rings (SSSR count). The molecule has 0 amide bonds. The molecule has 0 atom stereocenters. The largest absolute Gasteiger partial charge is 0.370 e. The molecule has 0 N–H and O–H groups in total. The average molecular weight is 268 g/mol. The maximum atomic E-state index is 10.9. The molecule has 6 heteroatoms. The molecule has 2 aromatic rings. The highest BCUT2D eigenvalue weighted by Gasteiger charge is 2.15. The standard InChI is InChI=1S/C14H12N4O2/c1-17(10-11-4-6-16-7-5-11)13-3-2-12(9-15)14(8-13)18(19)20/h2-8H,10H2,1H3. The van der Waals surface area contributed by atoms with Crippen molar-refractivity contribution in [1.29, 1.82) is 5.26 Å². The van der Waals surface area contributed by atoms with Crippen LogP contribution >= 0.6 is 0 Å². The van der Waals surface area contributed by atoms with Gasteiger partial charge in [-0.15, -0.1) is 0 Å². The zero-order chi connectivity index (χ0) is 14.5. The van der Waals surface area contributed by atoms with E-state index in [1.165, 1.54) is 12.1 Å². The number of aromatic nitrogens is 1. The van der Waals surface area contributed by atoms with E-state index in [0.717, 1.165) is 5.56 Å². The summed E-state index contributed by atoms with van der Waals surface area (Å²) in [6, 6.07) is 10.2. The first-order valence-corrected chi connectivity index (χ1v) is 5.90. The monoisotopic (exact) mass is 268 g/mol. The third-order valence-electron chi connectivity index (χ3n) is 2.91. The van der Waals surface area contributed by atoms with Gasteiger partial charge in [-0.2, -0.15) is 5.26 Å². The van der Waals surface area contributed by atoms with Crippen LogP contribution in [0.1, 0.15) is 11.1 Å². The molecular formula is C14H12N4O2. The third-order valence-corrected chi connectivity index (χ3v) is 2.91. The van der Waals surface area contributed by atoms with Crippen LogP contribution < -0.4 is 4.90 Å². The van der Waals surface area contributed by atoms with Crippen LogP contribution in [0.4, 0.5) is 11.4 Å². The van der Waals surface area contributed by atoms with Crippen molar-refractivity contribution in [3.8, 4) is 6.07 Å². The van der Waals surface area contributed by atoms with E-state index in [2.05, 4.69) is 4.98 Å². The van der Waals surface area contributed by atoms with Crippen molar-refractivity contribution in [1.82, 2.24) is 4.98 Å². The van der Waals surface area contributed by atoms with Crippen LogP contribution in [0.5, 0.6) is 0 Å². The van der Waals surface area contributed by atoms with Gasteiger partial charge >= 0.3 is 0 Å². The SMILES string of the molecule is CN(Cc1ccncc1)c1ccc(C#N)c([N+](=O)[O-])c1. The van der Waals surface area contributed by atoms with E-state index in [4.69, 9.17) is 5.26 Å². The van der Waals surface area contributed by atoms with Gasteiger partial charge in [0.05, 0.1) is 4.92 Å². The molecule has 0 aliphatic heterocycles. The first-order chi connectivity index (χ1) is 9.61. The fourth-order valence-corrected chi connectivity index (χ4v) is 1.86. The number of hydrogen-bond acceptors (Lipinski definition) is 5. The van der Waals surface area contributed by atoms with Gasteiger partial charge in [0.1, 0.15) is 11.6 Å². The van der Waals surface area contributed by atoms with Crippen molar-refractivity contribution < 1.29 is 4.92 Å². The highest BCUT2D eigenvalue weighted by atomic mass is 16.6. The van der Waals surface area contributed by atoms with Crippen molar-refractivity contribution in [2.45, 2.75) is 6.54 Å². The number of rotatable bonds is 4. The van der Waals surface area contributed by atoms with Crippen LogP contribution in [-0.2, 0) is 6.54 Å². The summed E-state index contributed by atoms with van der Waals surface area (Å²) >= 11 is 0. The quantitative estimate of drug-likeness (QED) is 0.628. The van der Waals surface area contributed by atoms with Crippen LogP contribution in [0.15, 0.2) is 42.7 Å². The molecule has 6 nitrogen and oxygen atoms in total. The van der Waals surface area contributed by atoms with Crippen molar-refractivity contribution in [2.24, 2.45) is 0 Å². The number of anilines is 1. The van der Waals surface area contributed by atoms with Crippen molar-refractivity contribution >= 4 is 11.4 Å². The van der Waals surface area contributed by atoms with E-state index in [-0.39, 0.29) is 11.3 Å². The summed E-state index contributed by atoms with van der Waals surface area (Å²) in [6.07, 6.45) is 3.40. The molecular weight excluding hydrogens is 256 g/mol. The van der Waals surface area contributed by atoms with Crippen LogP contribution in [0, 0.1) is 21.4 Å². The van der Waals surface area contributed by atoms with Crippen molar-refractivity contribution in [3.05, 3.63) is 64.0 Å². The Hall–Kier alpha value is -2.94. The van der Waals surface area contributed by atoms with Gasteiger partial charge in [-0.1, -0.05) is 0 Å². The Morgan fingerprint density at radius 1 is 1.35 bits per heavy atom. The molecule has 1 aromatic carbocycles. The van der Waals surface area contributed by atoms with Crippen LogP contribution in [-0.4, -0.2) is 17.0 Å². The second-order valence-electron chi connectivity index (χ2n) is 4.28. The topological polar surface area (TPSA) is 83.1 Å². The second kappa shape index (κ2) is 5.80. The highest BCUT2D eigenvalue weighted by molar-refractivity contribution is 5.60. The highest BCUT2D eigenvalue weighted by Crippen LogP contribution is 2.25. The minimum Gasteiger partial charge on any atom is -0.370 e. The molecule has 0 aliphatic rings. The van der Waals surface area contributed by atoms with Gasteiger partial charge in [0.25, 0.3) is 5.69 Å². The molecule has 1 aromatic heterocycles. The van der Waals surface area contributed by atoms with E-state index >= 15 is 0 Å². The molecule has 0 aliphatic carbocycles. The van der Waals surface area contributed by atoms with Gasteiger partial charge in [-0.05, 0) is 29.8 Å². The Morgan fingerprint density at radius 3 is 2.65 bits per heavy atom. The Morgan fingerprint density at radius 2 is 2.05 bits per heavy atom. The third kappa shape index (κ3) is 2.90. The number of benzene rings is 1. The number of nitro groups is 1. The van der Waals surface area contributed by atoms with Gasteiger partial charge in [0, 0.05) is 37.7 Å². The zero-order valence-electron chi connectivity index (χ0n) is 10.9. The molecule has 1 heterocycles. The van der Waals surface area contributed by atoms with E-state index in [0.29, 0.717) is 12.2 Å². The first-order valence-electron chi connectivity index (χ1n) is 5.90. The molecule has 0 unspecified atom stereocenters. The Bertz CT molecular complexity index is 665. The lowest BCUT2D eigenvalue weighted by Crippen LogP contribution is -2.16. The number of nitrogens with zero attached hydrogens (tertiary/aromatic N) is 4. The summed E-state index contributed by atoms with van der Waals surface area (Å²) in [5, 5.41) is 19.8. The second-order valence-corrected chi connectivity index (χ2v) is 4.28. The zero-order valence-corrected chi connectivity index (χ0v) is 10.9. The van der Waals surface area contributed by atoms with Crippen LogP contribution in [0.25, 0.3) is 0 Å². The van der Waals surface area contributed by atoms with Gasteiger partial charge < -0.3 is 4.90 Å². The van der Waals surface area contributed by atoms with E-state index in [1.54, 1.807) is 18.5 Å². The lowest BCUT2D eigenvalue weighted by molar-refractivity contribution is -0.385. The van der Waals surface area contributed by atoms with Crippen LogP contribution in [0.3, 0.4) is 0 Å². The fourth-order valence-electron chi connectivity index (χ4n) is 1.86. The van der Waals surface area contributed by atoms with Crippen molar-refractivity contribution in [2.75, 3.05) is 11.9 Å². The lowest BCUT2D eigenvalue weighted by Gasteiger charge is -2.19. The summed E-state index contributed by atoms with van der Waals surface area (Å²) in [4.78, 5) is 16.2. The molecule has 0 saturated carbocycles. The predicted molar refractivity (Wildman–Crippen MR) is 74.2 cm³/mol. The normalized spacial score (nSPS) is 9.80. The lowest BCUT2D eigenvalue weighted by atomic mass is 10.1. The average Bonchev–Trinajstić information content (AvgIpc) is 2.47. The van der Waals surface area contributed by atoms with Gasteiger partial charge in [-0.3, -0.25) is 15.1 Å². The number of nitriles is 1. The summed E-state index contributed by atoms with van der Waals surface area (Å²) in [7, 11) is 1.84. The summed E-state index contributed by atoms with van der Waals surface area (Å²) in [6.45, 7) is 0.603. The minimum absolute atomic E-state index is 0.0658. The van der Waals surface area contributed by atoms with Gasteiger partial charge in [0.15, 0.2) is 0 Å². The molecule has 0 fully saturated rings. The van der Waals surface area contributed by atoms with E-state index in [1.807, 2.05) is 30.1 Å². The fraction of sp³-hybridized carbons (Fsp3) is 0.143. The Balaban J connectivity index is 2.27. The van der Waals surface area contributed by atoms with Crippen LogP contribution in [0.2, 0.25) is 0 Å². The predicted octanol–water partition coefficient (Wildman–Crippen LogP) is 2.50. The smallest absolute Gasteiger partial charge is 0.289 e. The minimum atomic E-state index is -0.539.